The molecule has 0 aliphatic heterocycles. The second-order valence-electron chi connectivity index (χ2n) is 2.22. The number of hydrogen-bond donors (Lipinski definition) is 1. The number of hydrogen-bond acceptors (Lipinski definition) is 3. The van der Waals surface area contributed by atoms with Crippen LogP contribution >= 0.6 is 0 Å². The van der Waals surface area contributed by atoms with Crippen molar-refractivity contribution in [3.63, 3.8) is 0 Å². The molecule has 0 radical (unpaired) electrons. The molecule has 1 aromatic rings. The highest BCUT2D eigenvalue weighted by Crippen LogP contribution is 2.22. The maximum absolute atomic E-state index is 8.38. The van der Waals surface area contributed by atoms with Crippen molar-refractivity contribution in [1.29, 1.82) is 0 Å². The van der Waals surface area contributed by atoms with Crippen LogP contribution < -0.4 is 9.62 Å². The fourth-order valence-corrected chi connectivity index (χ4v) is 0.806. The van der Waals surface area contributed by atoms with Crippen LogP contribution in [0.25, 0.3) is 0 Å². The van der Waals surface area contributed by atoms with Crippen molar-refractivity contribution in [3.05, 3.63) is 23.8 Å². The zero-order valence-electron chi connectivity index (χ0n) is 6.50. The van der Waals surface area contributed by atoms with Crippen molar-refractivity contribution in [1.82, 2.24) is 0 Å². The summed E-state index contributed by atoms with van der Waals surface area (Å²) in [5.41, 5.74) is 0.869. The van der Waals surface area contributed by atoms with Gasteiger partial charge in [-0.1, -0.05) is 6.07 Å². The maximum atomic E-state index is 8.38. The summed E-state index contributed by atoms with van der Waals surface area (Å²) in [5.74, 6) is 1.09. The standard InChI is InChI=1S/C8H10O3/c1-6-3-4-7(10-2)5-8(6)11-9/h3-5,9H,1-2H3. The van der Waals surface area contributed by atoms with E-state index < -0.39 is 0 Å². The van der Waals surface area contributed by atoms with E-state index in [1.165, 1.54) is 0 Å². The zero-order valence-corrected chi connectivity index (χ0v) is 6.50. The van der Waals surface area contributed by atoms with Crippen molar-refractivity contribution in [3.8, 4) is 11.5 Å². The number of benzene rings is 1. The summed E-state index contributed by atoms with van der Waals surface area (Å²) in [6.45, 7) is 1.84. The fourth-order valence-electron chi connectivity index (χ4n) is 0.806. The molecule has 1 aromatic carbocycles. The molecule has 0 aliphatic carbocycles. The largest absolute Gasteiger partial charge is 0.497 e. The lowest BCUT2D eigenvalue weighted by molar-refractivity contribution is -0.138. The smallest absolute Gasteiger partial charge is 0.171 e. The van der Waals surface area contributed by atoms with Gasteiger partial charge in [0.2, 0.25) is 0 Å². The lowest BCUT2D eigenvalue weighted by Crippen LogP contribution is -1.89. The van der Waals surface area contributed by atoms with Gasteiger partial charge in [0, 0.05) is 6.07 Å². The number of methoxy groups -OCH3 is 1. The zero-order chi connectivity index (χ0) is 8.27. The predicted molar refractivity (Wildman–Crippen MR) is 41.0 cm³/mol. The van der Waals surface area contributed by atoms with Crippen LogP contribution in [0.2, 0.25) is 0 Å². The summed E-state index contributed by atoms with van der Waals surface area (Å²) in [7, 11) is 1.56. The van der Waals surface area contributed by atoms with Gasteiger partial charge in [0.05, 0.1) is 7.11 Å². The Morgan fingerprint density at radius 1 is 1.36 bits per heavy atom. The van der Waals surface area contributed by atoms with Gasteiger partial charge in [-0.2, -0.15) is 0 Å². The topological polar surface area (TPSA) is 38.7 Å². The van der Waals surface area contributed by atoms with Gasteiger partial charge in [-0.3, -0.25) is 0 Å². The van der Waals surface area contributed by atoms with Crippen molar-refractivity contribution < 1.29 is 14.9 Å². The Hall–Kier alpha value is -1.22. The molecular formula is C8H10O3. The normalized spacial score (nSPS) is 9.36. The first-order chi connectivity index (χ1) is 5.27. The van der Waals surface area contributed by atoms with Crippen molar-refractivity contribution in [2.75, 3.05) is 7.11 Å². The van der Waals surface area contributed by atoms with Crippen LogP contribution in [0, 0.1) is 6.92 Å². The first kappa shape index (κ1) is 7.88. The van der Waals surface area contributed by atoms with Crippen molar-refractivity contribution in [2.45, 2.75) is 6.92 Å². The average Bonchev–Trinajstić information content (AvgIpc) is 2.05. The number of rotatable bonds is 2. The highest BCUT2D eigenvalue weighted by Gasteiger charge is 2.00. The summed E-state index contributed by atoms with van der Waals surface area (Å²) in [6.07, 6.45) is 0. The van der Waals surface area contributed by atoms with Crippen LogP contribution in [0.1, 0.15) is 5.56 Å². The quantitative estimate of drug-likeness (QED) is 0.522. The molecule has 0 aliphatic rings. The van der Waals surface area contributed by atoms with Gasteiger partial charge in [0.1, 0.15) is 5.75 Å². The Labute approximate surface area is 65.1 Å². The SMILES string of the molecule is COc1ccc(C)c(OO)c1. The second kappa shape index (κ2) is 3.25. The fraction of sp³-hybridized carbons (Fsp3) is 0.250. The molecule has 0 unspecified atom stereocenters. The summed E-state index contributed by atoms with van der Waals surface area (Å²) < 4.78 is 4.92. The molecule has 0 aromatic heterocycles. The maximum Gasteiger partial charge on any atom is 0.171 e. The molecule has 0 saturated heterocycles. The molecule has 60 valence electrons. The van der Waals surface area contributed by atoms with E-state index in [0.717, 1.165) is 5.56 Å². The van der Waals surface area contributed by atoms with E-state index in [0.29, 0.717) is 11.5 Å². The van der Waals surface area contributed by atoms with Crippen LogP contribution in [-0.4, -0.2) is 12.4 Å². The van der Waals surface area contributed by atoms with E-state index in [1.807, 2.05) is 13.0 Å². The second-order valence-corrected chi connectivity index (χ2v) is 2.22. The average molecular weight is 154 g/mol. The molecule has 0 bridgehead atoms. The van der Waals surface area contributed by atoms with E-state index in [2.05, 4.69) is 4.89 Å². The summed E-state index contributed by atoms with van der Waals surface area (Å²) in [4.78, 5) is 4.11. The van der Waals surface area contributed by atoms with Crippen molar-refractivity contribution >= 4 is 0 Å². The molecule has 3 heteroatoms. The molecule has 0 saturated carbocycles. The summed E-state index contributed by atoms with van der Waals surface area (Å²) in [5, 5.41) is 8.38. The van der Waals surface area contributed by atoms with Gasteiger partial charge in [-0.15, -0.1) is 0 Å². The lowest BCUT2D eigenvalue weighted by Gasteiger charge is -2.03. The van der Waals surface area contributed by atoms with Crippen LogP contribution in [-0.2, 0) is 0 Å². The third kappa shape index (κ3) is 1.62. The minimum absolute atomic E-state index is 0.421. The van der Waals surface area contributed by atoms with Gasteiger partial charge < -0.3 is 9.62 Å². The van der Waals surface area contributed by atoms with E-state index in [9.17, 15) is 0 Å². The Morgan fingerprint density at radius 3 is 2.64 bits per heavy atom. The number of aryl methyl sites for hydroxylation is 1. The highest BCUT2D eigenvalue weighted by molar-refractivity contribution is 5.39. The monoisotopic (exact) mass is 154 g/mol. The van der Waals surface area contributed by atoms with Gasteiger partial charge in [0.15, 0.2) is 5.75 Å². The Bertz CT molecular complexity index is 245. The molecular weight excluding hydrogens is 144 g/mol. The van der Waals surface area contributed by atoms with E-state index in [-0.39, 0.29) is 0 Å². The highest BCUT2D eigenvalue weighted by atomic mass is 17.1. The van der Waals surface area contributed by atoms with Gasteiger partial charge in [-0.05, 0) is 18.6 Å². The predicted octanol–water partition coefficient (Wildman–Crippen LogP) is 1.86. The molecule has 1 rings (SSSR count). The molecule has 0 heterocycles. The number of ether oxygens (including phenoxy) is 1. The minimum Gasteiger partial charge on any atom is -0.497 e. The molecule has 0 atom stereocenters. The first-order valence-electron chi connectivity index (χ1n) is 3.24. The first-order valence-corrected chi connectivity index (χ1v) is 3.24. The van der Waals surface area contributed by atoms with Crippen LogP contribution in [0.5, 0.6) is 11.5 Å². The third-order valence-electron chi connectivity index (χ3n) is 1.49. The summed E-state index contributed by atoms with van der Waals surface area (Å²) in [6, 6.07) is 5.23. The van der Waals surface area contributed by atoms with E-state index in [1.54, 1.807) is 19.2 Å². The Balaban J connectivity index is 3.02. The van der Waals surface area contributed by atoms with Crippen molar-refractivity contribution in [2.24, 2.45) is 0 Å². The Kier molecular flexibility index (Phi) is 2.33. The molecule has 11 heavy (non-hydrogen) atoms. The van der Waals surface area contributed by atoms with Gasteiger partial charge in [-0.25, -0.2) is 5.26 Å². The van der Waals surface area contributed by atoms with Crippen LogP contribution in [0.4, 0.5) is 0 Å². The lowest BCUT2D eigenvalue weighted by atomic mass is 10.2. The van der Waals surface area contributed by atoms with E-state index >= 15 is 0 Å². The molecule has 0 fully saturated rings. The molecule has 0 spiro atoms. The molecule has 1 N–H and O–H groups in total. The van der Waals surface area contributed by atoms with Gasteiger partial charge >= 0.3 is 0 Å². The Morgan fingerprint density at radius 2 is 2.09 bits per heavy atom. The summed E-state index contributed by atoms with van der Waals surface area (Å²) >= 11 is 0. The molecule has 3 nitrogen and oxygen atoms in total. The van der Waals surface area contributed by atoms with Crippen LogP contribution in [0.3, 0.4) is 0 Å². The third-order valence-corrected chi connectivity index (χ3v) is 1.49. The minimum atomic E-state index is 0.421. The van der Waals surface area contributed by atoms with Crippen LogP contribution in [0.15, 0.2) is 18.2 Å². The molecule has 0 amide bonds. The van der Waals surface area contributed by atoms with E-state index in [4.69, 9.17) is 9.99 Å². The van der Waals surface area contributed by atoms with Gasteiger partial charge in [0.25, 0.3) is 0 Å².